The molecular weight excluding hydrogens is 455 g/mol. The molecule has 0 aromatic heterocycles. The molecule has 3 aromatic rings. The minimum atomic E-state index is -3.15. The molecule has 158 valence electrons. The van der Waals surface area contributed by atoms with E-state index in [2.05, 4.69) is 113 Å². The average molecular weight is 485 g/mol. The van der Waals surface area contributed by atoms with E-state index in [1.165, 1.54) is 15.9 Å². The standard InChI is InChI=1S/C26H30BrO2P/c1-2-26(29-25-20-12-13-21-28-25)30(27,22-14-6-3-7-15-22,23-16-8-4-9-17-23)24-18-10-5-11-19-24/h3-11,14-19,25-26H,2,12-13,20-21H2,1H3. The van der Waals surface area contributed by atoms with E-state index in [9.17, 15) is 0 Å². The van der Waals surface area contributed by atoms with Gasteiger partial charge < -0.3 is 0 Å². The predicted octanol–water partition coefficient (Wildman–Crippen LogP) is 6.11. The molecule has 0 N–H and O–H groups in total. The van der Waals surface area contributed by atoms with E-state index in [1.54, 1.807) is 0 Å². The van der Waals surface area contributed by atoms with Crippen LogP contribution in [0.2, 0.25) is 0 Å². The van der Waals surface area contributed by atoms with Gasteiger partial charge in [0.05, 0.1) is 0 Å². The molecular formula is C26H30BrO2P. The molecule has 1 aliphatic heterocycles. The molecule has 2 nitrogen and oxygen atoms in total. The fourth-order valence-corrected chi connectivity index (χ4v) is 13.1. The molecule has 0 spiro atoms. The minimum absolute atomic E-state index is 0.0497. The van der Waals surface area contributed by atoms with Crippen molar-refractivity contribution in [2.75, 3.05) is 6.61 Å². The molecule has 4 heteroatoms. The Morgan fingerprint density at radius 2 is 1.30 bits per heavy atom. The summed E-state index contributed by atoms with van der Waals surface area (Å²) in [6.45, 7) is 3.01. The molecule has 0 saturated carbocycles. The van der Waals surface area contributed by atoms with Crippen LogP contribution in [-0.4, -0.2) is 18.7 Å². The summed E-state index contributed by atoms with van der Waals surface area (Å²) in [6, 6.07) is 32.5. The molecule has 0 aliphatic carbocycles. The summed E-state index contributed by atoms with van der Waals surface area (Å²) in [5.41, 5.74) is 0. The van der Waals surface area contributed by atoms with Crippen LogP contribution in [0.4, 0.5) is 0 Å². The van der Waals surface area contributed by atoms with Gasteiger partial charge in [-0.2, -0.15) is 0 Å². The third kappa shape index (κ3) is 3.67. The van der Waals surface area contributed by atoms with Crippen molar-refractivity contribution in [1.29, 1.82) is 0 Å². The molecule has 0 radical (unpaired) electrons. The van der Waals surface area contributed by atoms with E-state index < -0.39 is 5.31 Å². The van der Waals surface area contributed by atoms with E-state index in [0.29, 0.717) is 0 Å². The quantitative estimate of drug-likeness (QED) is 0.377. The van der Waals surface area contributed by atoms with E-state index in [-0.39, 0.29) is 12.1 Å². The summed E-state index contributed by atoms with van der Waals surface area (Å²) < 4.78 is 12.9. The number of ether oxygens (including phenoxy) is 2. The van der Waals surface area contributed by atoms with Crippen LogP contribution in [0.3, 0.4) is 0 Å². The number of hydrogen-bond donors (Lipinski definition) is 0. The molecule has 2 atom stereocenters. The fraction of sp³-hybridized carbons (Fsp3) is 0.308. The third-order valence-corrected chi connectivity index (χ3v) is 16.7. The van der Waals surface area contributed by atoms with Gasteiger partial charge in [0.2, 0.25) is 0 Å². The van der Waals surface area contributed by atoms with E-state index in [4.69, 9.17) is 9.47 Å². The van der Waals surface area contributed by atoms with Crippen LogP contribution in [0, 0.1) is 0 Å². The summed E-state index contributed by atoms with van der Waals surface area (Å²) in [4.78, 5) is 0. The van der Waals surface area contributed by atoms with Gasteiger partial charge >= 0.3 is 189 Å². The number of rotatable bonds is 7. The number of hydrogen-bond acceptors (Lipinski definition) is 2. The number of halogens is 1. The number of benzene rings is 3. The van der Waals surface area contributed by atoms with Gasteiger partial charge in [-0.3, -0.25) is 0 Å². The Labute approximate surface area is 188 Å². The SMILES string of the molecule is CCC(OC1CCCCO1)P(Br)(c1ccccc1)(c1ccccc1)c1ccccc1. The van der Waals surface area contributed by atoms with Crippen LogP contribution >= 0.6 is 20.8 Å². The molecule has 1 aliphatic rings. The monoisotopic (exact) mass is 484 g/mol. The molecule has 3 aromatic carbocycles. The van der Waals surface area contributed by atoms with Crippen molar-refractivity contribution in [2.45, 2.75) is 44.7 Å². The zero-order valence-corrected chi connectivity index (χ0v) is 20.0. The van der Waals surface area contributed by atoms with Crippen LogP contribution in [0.5, 0.6) is 0 Å². The van der Waals surface area contributed by atoms with Gasteiger partial charge in [0.25, 0.3) is 0 Å². The zero-order valence-electron chi connectivity index (χ0n) is 17.5. The van der Waals surface area contributed by atoms with Gasteiger partial charge in [-0.15, -0.1) is 0 Å². The summed E-state index contributed by atoms with van der Waals surface area (Å²) in [6.07, 6.45) is 3.95. The van der Waals surface area contributed by atoms with Crippen molar-refractivity contribution in [3.8, 4) is 0 Å². The Kier molecular flexibility index (Phi) is 6.75. The Hall–Kier alpha value is -1.51. The first-order valence-electron chi connectivity index (χ1n) is 10.8. The van der Waals surface area contributed by atoms with Crippen LogP contribution in [0.15, 0.2) is 91.0 Å². The maximum atomic E-state index is 6.86. The van der Waals surface area contributed by atoms with Gasteiger partial charge in [0.1, 0.15) is 0 Å². The van der Waals surface area contributed by atoms with Gasteiger partial charge in [-0.05, 0) is 0 Å². The van der Waals surface area contributed by atoms with Gasteiger partial charge in [0.15, 0.2) is 0 Å². The van der Waals surface area contributed by atoms with E-state index >= 15 is 0 Å². The molecule has 1 fully saturated rings. The Morgan fingerprint density at radius 1 is 0.833 bits per heavy atom. The third-order valence-electron chi connectivity index (χ3n) is 6.12. The molecule has 0 amide bonds. The first-order chi connectivity index (χ1) is 14.7. The normalized spacial score (nSPS) is 19.5. The van der Waals surface area contributed by atoms with Gasteiger partial charge in [0, 0.05) is 0 Å². The van der Waals surface area contributed by atoms with Crippen LogP contribution < -0.4 is 15.9 Å². The van der Waals surface area contributed by atoms with Crippen molar-refractivity contribution in [1.82, 2.24) is 0 Å². The van der Waals surface area contributed by atoms with Gasteiger partial charge in [-0.25, -0.2) is 0 Å². The second kappa shape index (κ2) is 9.32. The topological polar surface area (TPSA) is 18.5 Å². The Bertz CT molecular complexity index is 828. The zero-order chi connectivity index (χ0) is 20.9. The Balaban J connectivity index is 1.99. The molecule has 30 heavy (non-hydrogen) atoms. The second-order valence-electron chi connectivity index (χ2n) is 7.88. The summed E-state index contributed by atoms with van der Waals surface area (Å²) >= 11 is 4.52. The van der Waals surface area contributed by atoms with Crippen molar-refractivity contribution >= 4 is 36.7 Å². The summed E-state index contributed by atoms with van der Waals surface area (Å²) in [7, 11) is 0. The first kappa shape index (κ1) is 21.7. The van der Waals surface area contributed by atoms with Crippen molar-refractivity contribution in [3.05, 3.63) is 91.0 Å². The van der Waals surface area contributed by atoms with Crippen LogP contribution in [0.25, 0.3) is 0 Å². The molecule has 1 saturated heterocycles. The van der Waals surface area contributed by atoms with Crippen molar-refractivity contribution in [2.24, 2.45) is 0 Å². The Morgan fingerprint density at radius 3 is 1.67 bits per heavy atom. The molecule has 2 unspecified atom stereocenters. The van der Waals surface area contributed by atoms with Crippen molar-refractivity contribution < 1.29 is 9.47 Å². The van der Waals surface area contributed by atoms with Gasteiger partial charge in [-0.1, -0.05) is 0 Å². The van der Waals surface area contributed by atoms with E-state index in [0.717, 1.165) is 32.3 Å². The van der Waals surface area contributed by atoms with Crippen molar-refractivity contribution in [3.63, 3.8) is 0 Å². The molecule has 0 bridgehead atoms. The van der Waals surface area contributed by atoms with E-state index in [1.807, 2.05) is 0 Å². The second-order valence-corrected chi connectivity index (χ2v) is 16.6. The van der Waals surface area contributed by atoms with Crippen LogP contribution in [0.1, 0.15) is 32.6 Å². The molecule has 4 rings (SSSR count). The first-order valence-corrected chi connectivity index (χ1v) is 15.2. The summed E-state index contributed by atoms with van der Waals surface area (Å²) in [5, 5.41) is 0.694. The fourth-order valence-electron chi connectivity index (χ4n) is 4.65. The summed E-state index contributed by atoms with van der Waals surface area (Å²) in [5.74, 6) is -0.0497. The molecule has 1 heterocycles. The maximum absolute atomic E-state index is 6.86. The van der Waals surface area contributed by atoms with Crippen LogP contribution in [-0.2, 0) is 9.47 Å². The average Bonchev–Trinajstić information content (AvgIpc) is 2.84. The predicted molar refractivity (Wildman–Crippen MR) is 133 cm³/mol.